The van der Waals surface area contributed by atoms with E-state index in [0.29, 0.717) is 5.75 Å². The minimum atomic E-state index is -0.532. The average molecular weight is 295 g/mol. The number of rotatable bonds is 4. The molecule has 1 aliphatic carbocycles. The topological polar surface area (TPSA) is 38.3 Å². The van der Waals surface area contributed by atoms with E-state index in [1.165, 1.54) is 23.1 Å². The first kappa shape index (κ1) is 14.6. The van der Waals surface area contributed by atoms with Crippen molar-refractivity contribution in [1.82, 2.24) is 0 Å². The van der Waals surface area contributed by atoms with Crippen LogP contribution in [0.25, 0.3) is 0 Å². The molecule has 0 bridgehead atoms. The number of carbonyl (C=O) groups is 1. The van der Waals surface area contributed by atoms with Crippen molar-refractivity contribution in [3.63, 3.8) is 0 Å². The van der Waals surface area contributed by atoms with Gasteiger partial charge in [-0.15, -0.1) is 0 Å². The van der Waals surface area contributed by atoms with Crippen molar-refractivity contribution < 1.29 is 9.53 Å². The van der Waals surface area contributed by atoms with Crippen LogP contribution in [0.3, 0.4) is 0 Å². The van der Waals surface area contributed by atoms with E-state index in [4.69, 9.17) is 4.74 Å². The molecule has 1 N–H and O–H groups in total. The van der Waals surface area contributed by atoms with Crippen LogP contribution in [0.2, 0.25) is 0 Å². The zero-order chi connectivity index (χ0) is 15.5. The Morgan fingerprint density at radius 1 is 1.09 bits per heavy atom. The molecule has 2 aromatic carbocycles. The maximum Gasteiger partial charge on any atom is 0.265 e. The molecule has 3 heteroatoms. The number of fused-ring (bicyclic) bond motifs is 1. The third-order valence-electron chi connectivity index (χ3n) is 4.07. The molecule has 0 fully saturated rings. The van der Waals surface area contributed by atoms with Crippen molar-refractivity contribution in [2.45, 2.75) is 39.2 Å². The van der Waals surface area contributed by atoms with Gasteiger partial charge >= 0.3 is 0 Å². The summed E-state index contributed by atoms with van der Waals surface area (Å²) in [5.41, 5.74) is 4.78. The SMILES string of the molecule is Cc1ccc(O[C@@H](C)C(=O)Nc2ccc3c(c2)CCC3)cc1. The van der Waals surface area contributed by atoms with E-state index in [1.54, 1.807) is 6.92 Å². The normalized spacial score (nSPS) is 14.3. The van der Waals surface area contributed by atoms with E-state index < -0.39 is 6.10 Å². The van der Waals surface area contributed by atoms with Gasteiger partial charge in [-0.1, -0.05) is 23.8 Å². The van der Waals surface area contributed by atoms with Gasteiger partial charge in [0, 0.05) is 5.69 Å². The van der Waals surface area contributed by atoms with Gasteiger partial charge in [-0.3, -0.25) is 4.79 Å². The fourth-order valence-electron chi connectivity index (χ4n) is 2.77. The van der Waals surface area contributed by atoms with Crippen molar-refractivity contribution in [1.29, 1.82) is 0 Å². The summed E-state index contributed by atoms with van der Waals surface area (Å²) < 4.78 is 5.68. The zero-order valence-electron chi connectivity index (χ0n) is 13.1. The molecule has 0 radical (unpaired) electrons. The first-order valence-electron chi connectivity index (χ1n) is 7.78. The molecule has 1 atom stereocenters. The fourth-order valence-corrected chi connectivity index (χ4v) is 2.77. The highest BCUT2D eigenvalue weighted by molar-refractivity contribution is 5.94. The van der Waals surface area contributed by atoms with E-state index in [-0.39, 0.29) is 5.91 Å². The number of carbonyl (C=O) groups excluding carboxylic acids is 1. The first-order valence-corrected chi connectivity index (χ1v) is 7.78. The van der Waals surface area contributed by atoms with Gasteiger partial charge in [-0.25, -0.2) is 0 Å². The highest BCUT2D eigenvalue weighted by atomic mass is 16.5. The van der Waals surface area contributed by atoms with Gasteiger partial charge in [0.1, 0.15) is 5.75 Å². The van der Waals surface area contributed by atoms with Crippen LogP contribution in [0.5, 0.6) is 5.75 Å². The summed E-state index contributed by atoms with van der Waals surface area (Å²) in [5.74, 6) is 0.584. The molecular weight excluding hydrogens is 274 g/mol. The number of benzene rings is 2. The first-order chi connectivity index (χ1) is 10.6. The summed E-state index contributed by atoms with van der Waals surface area (Å²) in [6.07, 6.45) is 2.93. The van der Waals surface area contributed by atoms with Gasteiger partial charge in [0.25, 0.3) is 5.91 Å². The molecule has 0 spiro atoms. The molecular formula is C19H21NO2. The number of nitrogens with one attached hydrogen (secondary N) is 1. The Hall–Kier alpha value is -2.29. The molecule has 0 heterocycles. The molecule has 3 rings (SSSR count). The second-order valence-electron chi connectivity index (χ2n) is 5.90. The lowest BCUT2D eigenvalue weighted by atomic mass is 10.1. The molecule has 0 aliphatic heterocycles. The Kier molecular flexibility index (Phi) is 4.14. The van der Waals surface area contributed by atoms with Crippen LogP contribution in [0, 0.1) is 6.92 Å². The van der Waals surface area contributed by atoms with Gasteiger partial charge in [0.05, 0.1) is 0 Å². The zero-order valence-corrected chi connectivity index (χ0v) is 13.1. The van der Waals surface area contributed by atoms with Crippen LogP contribution >= 0.6 is 0 Å². The van der Waals surface area contributed by atoms with Crippen LogP contribution in [0.4, 0.5) is 5.69 Å². The summed E-state index contributed by atoms with van der Waals surface area (Å²) in [6, 6.07) is 13.9. The number of aryl methyl sites for hydroxylation is 3. The molecule has 0 saturated carbocycles. The predicted molar refractivity (Wildman–Crippen MR) is 88.4 cm³/mol. The highest BCUT2D eigenvalue weighted by Gasteiger charge is 2.16. The monoisotopic (exact) mass is 295 g/mol. The Labute approximate surface area is 131 Å². The Morgan fingerprint density at radius 3 is 2.59 bits per heavy atom. The van der Waals surface area contributed by atoms with Crippen LogP contribution < -0.4 is 10.1 Å². The number of hydrogen-bond donors (Lipinski definition) is 1. The standard InChI is InChI=1S/C19H21NO2/c1-13-6-10-18(11-7-13)22-14(2)19(21)20-17-9-8-15-4-3-5-16(15)12-17/h6-12,14H,3-5H2,1-2H3,(H,20,21)/t14-/m0/s1. The van der Waals surface area contributed by atoms with Gasteiger partial charge in [-0.05, 0) is 68.5 Å². The molecule has 114 valence electrons. The van der Waals surface area contributed by atoms with Gasteiger partial charge in [-0.2, -0.15) is 0 Å². The van der Waals surface area contributed by atoms with E-state index in [2.05, 4.69) is 17.4 Å². The molecule has 22 heavy (non-hydrogen) atoms. The number of amides is 1. The number of hydrogen-bond acceptors (Lipinski definition) is 2. The molecule has 0 aromatic heterocycles. The molecule has 2 aromatic rings. The summed E-state index contributed by atoms with van der Waals surface area (Å²) in [4.78, 5) is 12.2. The Bertz CT molecular complexity index is 676. The minimum Gasteiger partial charge on any atom is -0.481 e. The maximum absolute atomic E-state index is 12.2. The smallest absolute Gasteiger partial charge is 0.265 e. The minimum absolute atomic E-state index is 0.126. The fraction of sp³-hybridized carbons (Fsp3) is 0.316. The van der Waals surface area contributed by atoms with Crippen LogP contribution in [0.15, 0.2) is 42.5 Å². The van der Waals surface area contributed by atoms with Crippen LogP contribution in [-0.4, -0.2) is 12.0 Å². The summed E-state index contributed by atoms with van der Waals surface area (Å²) in [5, 5.41) is 2.94. The second-order valence-corrected chi connectivity index (χ2v) is 5.90. The van der Waals surface area contributed by atoms with E-state index in [1.807, 2.05) is 37.3 Å². The van der Waals surface area contributed by atoms with Crippen molar-refractivity contribution in [3.8, 4) is 5.75 Å². The molecule has 0 unspecified atom stereocenters. The average Bonchev–Trinajstić information content (AvgIpc) is 2.97. The maximum atomic E-state index is 12.2. The van der Waals surface area contributed by atoms with Gasteiger partial charge < -0.3 is 10.1 Å². The lowest BCUT2D eigenvalue weighted by molar-refractivity contribution is -0.122. The molecule has 1 aliphatic rings. The number of ether oxygens (including phenoxy) is 1. The van der Waals surface area contributed by atoms with E-state index in [0.717, 1.165) is 18.5 Å². The third-order valence-corrected chi connectivity index (χ3v) is 4.07. The second kappa shape index (κ2) is 6.22. The summed E-state index contributed by atoms with van der Waals surface area (Å²) in [6.45, 7) is 3.79. The largest absolute Gasteiger partial charge is 0.481 e. The van der Waals surface area contributed by atoms with E-state index in [9.17, 15) is 4.79 Å². The predicted octanol–water partition coefficient (Wildman–Crippen LogP) is 3.89. The number of anilines is 1. The van der Waals surface area contributed by atoms with Crippen molar-refractivity contribution in [3.05, 3.63) is 59.2 Å². The summed E-state index contributed by atoms with van der Waals surface area (Å²) >= 11 is 0. The Balaban J connectivity index is 1.62. The Morgan fingerprint density at radius 2 is 1.82 bits per heavy atom. The van der Waals surface area contributed by atoms with Crippen molar-refractivity contribution in [2.24, 2.45) is 0 Å². The quantitative estimate of drug-likeness (QED) is 0.929. The molecule has 0 saturated heterocycles. The summed E-state index contributed by atoms with van der Waals surface area (Å²) in [7, 11) is 0. The third kappa shape index (κ3) is 3.30. The van der Waals surface area contributed by atoms with Gasteiger partial charge in [0.2, 0.25) is 0 Å². The highest BCUT2D eigenvalue weighted by Crippen LogP contribution is 2.25. The lowest BCUT2D eigenvalue weighted by Crippen LogP contribution is -2.30. The van der Waals surface area contributed by atoms with Crippen molar-refractivity contribution in [2.75, 3.05) is 5.32 Å². The van der Waals surface area contributed by atoms with Crippen molar-refractivity contribution >= 4 is 11.6 Å². The molecule has 3 nitrogen and oxygen atoms in total. The van der Waals surface area contributed by atoms with Gasteiger partial charge in [0.15, 0.2) is 6.10 Å². The van der Waals surface area contributed by atoms with Crippen LogP contribution in [0.1, 0.15) is 30.0 Å². The van der Waals surface area contributed by atoms with E-state index >= 15 is 0 Å². The lowest BCUT2D eigenvalue weighted by Gasteiger charge is -2.15. The molecule has 1 amide bonds. The van der Waals surface area contributed by atoms with Crippen LogP contribution in [-0.2, 0) is 17.6 Å².